The highest BCUT2D eigenvalue weighted by Crippen LogP contribution is 2.40. The topological polar surface area (TPSA) is 677 Å². The smallest absolute Gasteiger partial charge is 0.306 e. The third kappa shape index (κ3) is 16.0. The van der Waals surface area contributed by atoms with Gasteiger partial charge in [0.1, 0.15) is 202 Å². The van der Waals surface area contributed by atoms with E-state index >= 15 is 0 Å². The highest BCUT2D eigenvalue weighted by molar-refractivity contribution is 5.76. The van der Waals surface area contributed by atoms with E-state index in [-0.39, 0.29) is 0 Å². The molecule has 43 nitrogen and oxygen atoms in total. The number of carboxylic acid groups (broad SMARTS) is 1. The Morgan fingerprint density at radius 1 is 0.232 bits per heavy atom. The lowest BCUT2D eigenvalue weighted by Gasteiger charge is -2.50. The van der Waals surface area contributed by atoms with E-state index in [2.05, 4.69) is 0 Å². The first kappa shape index (κ1) is 76.6. The lowest BCUT2D eigenvalue weighted by Crippen LogP contribution is -2.69. The minimum atomic E-state index is -2.37. The summed E-state index contributed by atoms with van der Waals surface area (Å²) in [5.41, 5.74) is 0. The van der Waals surface area contributed by atoms with E-state index in [9.17, 15) is 127 Å². The Balaban J connectivity index is 0.996. The molecule has 24 N–H and O–H groups in total. The molecule has 30 aliphatic heterocycles. The number of ether oxygens (including phenoxy) is 17. The molecule has 40 atom stereocenters. The van der Waals surface area contributed by atoms with Crippen LogP contribution in [0.15, 0.2) is 0 Å². The van der Waals surface area contributed by atoms with Crippen LogP contribution < -0.4 is 0 Å². The molecule has 550 valence electrons. The molecule has 30 aliphatic rings. The SMILES string of the molecule is O=C(O)CCC(=O)OC[C@H]1O[C@@H]2O[C@H]3[C@@H](O)[C@H](O)[C@@H](O[C@H]4[C@@H](O)[C@H](O)[C@@H](O[C@H]5[C@@H](O)[C@H](O)[C@@H](O[C@H]6[C@@H](O)[C@H](O)[C@@H](O[C@H]7[C@H](O)[C@@H](O)[C@@H](O[C@H]8[C@H](O)[C@@H](O)[C@@H](O[C@H]9[C@H](O)[C@@H](O)[C@@H](O[C@H]1[C@H](O)[C@H]2O)O[C@@H]9CO)O[C@@H]8CO)O[C@@H]7CO)O[C@@H]6CO)O[C@@H]5CO)O[C@@H]4CO)O[C@@H]3CO. The molecule has 30 saturated heterocycles. The molecule has 43 heteroatoms. The number of carboxylic acids is 1. The van der Waals surface area contributed by atoms with Crippen LogP contribution in [0.5, 0.6) is 0 Å². The molecule has 0 aromatic heterocycles. The summed E-state index contributed by atoms with van der Waals surface area (Å²) < 4.78 is 96.8. The van der Waals surface area contributed by atoms with Gasteiger partial charge in [0, 0.05) is 0 Å². The van der Waals surface area contributed by atoms with Crippen molar-refractivity contribution in [1.29, 1.82) is 0 Å². The van der Waals surface area contributed by atoms with Crippen molar-refractivity contribution in [3.63, 3.8) is 0 Å². The van der Waals surface area contributed by atoms with Gasteiger partial charge in [-0.05, 0) is 0 Å². The van der Waals surface area contributed by atoms with Gasteiger partial charge in [0.05, 0.1) is 59.1 Å². The summed E-state index contributed by atoms with van der Waals surface area (Å²) in [6.45, 7) is -8.86. The molecule has 0 saturated carbocycles. The molecule has 95 heavy (non-hydrogen) atoms. The summed E-state index contributed by atoms with van der Waals surface area (Å²) in [6, 6.07) is 0. The number of esters is 1. The zero-order valence-corrected chi connectivity index (χ0v) is 49.7. The number of aliphatic hydroxyl groups excluding tert-OH is 23. The molecule has 16 bridgehead atoms. The predicted octanol–water partition coefficient (Wildman–Crippen LogP) is -17.0. The monoisotopic (exact) mass is 1400 g/mol. The van der Waals surface area contributed by atoms with Crippen molar-refractivity contribution >= 4 is 11.9 Å². The number of aliphatic carboxylic acids is 1. The van der Waals surface area contributed by atoms with Crippen LogP contribution in [-0.4, -0.2) is 433 Å². The Labute approximate surface area is 535 Å². The second-order valence-corrected chi connectivity index (χ2v) is 23.9. The molecule has 0 aromatic rings. The first-order valence-corrected chi connectivity index (χ1v) is 30.2. The van der Waals surface area contributed by atoms with Crippen LogP contribution in [0.25, 0.3) is 0 Å². The van der Waals surface area contributed by atoms with Gasteiger partial charge in [-0.15, -0.1) is 0 Å². The number of aliphatic hydroxyl groups is 23. The Hall–Kier alpha value is -2.62. The lowest BCUT2D eigenvalue weighted by atomic mass is 9.94. The summed E-state index contributed by atoms with van der Waals surface area (Å²) in [4.78, 5) is 24.0. The Bertz CT molecular complexity index is 2390. The first-order chi connectivity index (χ1) is 45.1. The fourth-order valence-electron chi connectivity index (χ4n) is 12.3. The summed E-state index contributed by atoms with van der Waals surface area (Å²) >= 11 is 0. The average molecular weight is 1400 g/mol. The fraction of sp³-hybridized carbons (Fsp3) is 0.962. The van der Waals surface area contributed by atoms with Crippen LogP contribution >= 0.6 is 0 Å². The van der Waals surface area contributed by atoms with Gasteiger partial charge >= 0.3 is 11.9 Å². The van der Waals surface area contributed by atoms with Crippen molar-refractivity contribution in [3.05, 3.63) is 0 Å². The maximum absolute atomic E-state index is 12.7. The highest BCUT2D eigenvalue weighted by atomic mass is 16.8. The molecule has 0 radical (unpaired) electrons. The van der Waals surface area contributed by atoms with Crippen LogP contribution in [-0.2, 0) is 90.1 Å². The van der Waals surface area contributed by atoms with Crippen molar-refractivity contribution in [3.8, 4) is 0 Å². The first-order valence-electron chi connectivity index (χ1n) is 30.2. The van der Waals surface area contributed by atoms with Crippen molar-refractivity contribution in [2.75, 3.05) is 52.9 Å². The number of hydrogen-bond acceptors (Lipinski definition) is 42. The summed E-state index contributed by atoms with van der Waals surface area (Å²) in [5.74, 6) is -2.61. The summed E-state index contributed by atoms with van der Waals surface area (Å²) in [6.07, 6.45) is -85.9. The van der Waals surface area contributed by atoms with Crippen molar-refractivity contribution in [1.82, 2.24) is 0 Å². The molecule has 30 heterocycles. The van der Waals surface area contributed by atoms with E-state index in [1.165, 1.54) is 0 Å². The Morgan fingerprint density at radius 3 is 0.547 bits per heavy atom. The molecular formula is C52H84O43. The maximum Gasteiger partial charge on any atom is 0.306 e. The van der Waals surface area contributed by atoms with Crippen LogP contribution in [0.1, 0.15) is 12.8 Å². The van der Waals surface area contributed by atoms with Crippen molar-refractivity contribution < 1.29 is 213 Å². The second-order valence-electron chi connectivity index (χ2n) is 23.9. The predicted molar refractivity (Wildman–Crippen MR) is 282 cm³/mol. The highest BCUT2D eigenvalue weighted by Gasteiger charge is 2.60. The fourth-order valence-corrected chi connectivity index (χ4v) is 12.3. The van der Waals surface area contributed by atoms with E-state index in [1.54, 1.807) is 0 Å². The number of carbonyl (C=O) groups is 2. The van der Waals surface area contributed by atoms with Gasteiger partial charge in [0.2, 0.25) is 0 Å². The van der Waals surface area contributed by atoms with Crippen molar-refractivity contribution in [2.45, 2.75) is 258 Å². The minimum Gasteiger partial charge on any atom is -0.481 e. The molecule has 30 rings (SSSR count). The second kappa shape index (κ2) is 33.0. The molecule has 0 amide bonds. The molecule has 0 aliphatic carbocycles. The average Bonchev–Trinajstić information content (AvgIpc) is 0.814. The molecule has 0 spiro atoms. The minimum absolute atomic E-state index is 0.735. The maximum atomic E-state index is 12.7. The summed E-state index contributed by atoms with van der Waals surface area (Å²) in [7, 11) is 0. The number of carbonyl (C=O) groups excluding carboxylic acids is 1. The Morgan fingerprint density at radius 2 is 0.389 bits per heavy atom. The van der Waals surface area contributed by atoms with Gasteiger partial charge in [-0.2, -0.15) is 0 Å². The Kier molecular flexibility index (Phi) is 26.6. The summed E-state index contributed by atoms with van der Waals surface area (Å²) in [5, 5.41) is 266. The largest absolute Gasteiger partial charge is 0.481 e. The van der Waals surface area contributed by atoms with E-state index in [4.69, 9.17) is 85.6 Å². The third-order valence-corrected chi connectivity index (χ3v) is 17.7. The van der Waals surface area contributed by atoms with E-state index in [0.717, 1.165) is 0 Å². The third-order valence-electron chi connectivity index (χ3n) is 17.7. The van der Waals surface area contributed by atoms with Gasteiger partial charge in [-0.1, -0.05) is 0 Å². The van der Waals surface area contributed by atoms with E-state index < -0.39 is 323 Å². The van der Waals surface area contributed by atoms with Crippen molar-refractivity contribution in [2.24, 2.45) is 0 Å². The van der Waals surface area contributed by atoms with Crippen LogP contribution in [0.3, 0.4) is 0 Å². The molecule has 30 fully saturated rings. The van der Waals surface area contributed by atoms with Crippen LogP contribution in [0.4, 0.5) is 0 Å². The standard InChI is InChI=1S/C52H84O43/c53-3-11-37-21(63)29(71)45(80-11)89-38-12(4-54)82-47(31(73)23(38)65)91-40-14(6-56)84-49(33(75)25(40)67)93-42-16(8-58)86-51(35(77)27(42)69)95-44-18(10-79-20(62)2-1-19(60)61)87-52(36(78)28(44)70)94-43-17(9-59)85-50(34(76)26(43)68)92-41-15(7-57)83-48(32(74)24(41)66)90-39-13(5-55)81-46(88-37)30(72)22(39)64/h11-18,21-59,63-78H,1-10H2,(H,60,61)/t11-,12-,13-,14-,15-,16-,17-,18-,21+,22+,23-,24+,25-,26+,27-,28-,29+,30+,31-,32+,33-,34+,35-,36-,37-,38-,39-,40-,41-,42-,43-,44-,45-,46-,47-,48-,49-,50-,51-,52-/m1/s1. The van der Waals surface area contributed by atoms with E-state index in [0.29, 0.717) is 0 Å². The molecular weight excluding hydrogens is 1310 g/mol. The van der Waals surface area contributed by atoms with Gasteiger partial charge in [0.15, 0.2) is 50.3 Å². The van der Waals surface area contributed by atoms with Gasteiger partial charge < -0.3 is 203 Å². The van der Waals surface area contributed by atoms with E-state index in [1.807, 2.05) is 0 Å². The zero-order valence-electron chi connectivity index (χ0n) is 49.7. The lowest BCUT2D eigenvalue weighted by molar-refractivity contribution is -0.404. The normalized spacial score (nSPS) is 52.0. The van der Waals surface area contributed by atoms with Gasteiger partial charge in [-0.3, -0.25) is 9.59 Å². The quantitative estimate of drug-likeness (QED) is 0.0807. The zero-order chi connectivity index (χ0) is 69.3. The van der Waals surface area contributed by atoms with Crippen LogP contribution in [0, 0.1) is 0 Å². The van der Waals surface area contributed by atoms with Crippen LogP contribution in [0.2, 0.25) is 0 Å². The molecule has 0 aromatic carbocycles. The van der Waals surface area contributed by atoms with Gasteiger partial charge in [-0.25, -0.2) is 0 Å². The van der Waals surface area contributed by atoms with Gasteiger partial charge in [0.25, 0.3) is 0 Å². The number of hydrogen-bond donors (Lipinski definition) is 24. The molecule has 0 unspecified atom stereocenters. The number of rotatable bonds is 12.